The van der Waals surface area contributed by atoms with Crippen molar-refractivity contribution in [1.82, 2.24) is 20.1 Å². The monoisotopic (exact) mass is 236 g/mol. The number of rotatable bonds is 2. The smallest absolute Gasteiger partial charge is 0.293 e. The Morgan fingerprint density at radius 2 is 2.29 bits per heavy atom. The van der Waals surface area contributed by atoms with E-state index in [2.05, 4.69) is 22.1 Å². The van der Waals surface area contributed by atoms with E-state index in [1.54, 1.807) is 0 Å². The second-order valence-electron chi connectivity index (χ2n) is 4.79. The van der Waals surface area contributed by atoms with Crippen molar-refractivity contribution in [2.45, 2.75) is 39.5 Å². The first kappa shape index (κ1) is 12.1. The van der Waals surface area contributed by atoms with Crippen molar-refractivity contribution in [2.24, 2.45) is 5.92 Å². The number of carbonyl (C=O) groups excluding carboxylic acids is 1. The van der Waals surface area contributed by atoms with E-state index in [1.165, 1.54) is 6.42 Å². The van der Waals surface area contributed by atoms with E-state index in [0.717, 1.165) is 38.2 Å². The third-order valence-corrected chi connectivity index (χ3v) is 3.36. The molecule has 94 valence electrons. The van der Waals surface area contributed by atoms with Crippen LogP contribution < -0.4 is 0 Å². The van der Waals surface area contributed by atoms with Gasteiger partial charge in [-0.3, -0.25) is 9.89 Å². The molecule has 2 heterocycles. The maximum Gasteiger partial charge on any atom is 0.293 e. The average molecular weight is 236 g/mol. The summed E-state index contributed by atoms with van der Waals surface area (Å²) in [5.74, 6) is 1.77. The third kappa shape index (κ3) is 2.84. The van der Waals surface area contributed by atoms with Crippen LogP contribution in [0.1, 0.15) is 49.6 Å². The fourth-order valence-electron chi connectivity index (χ4n) is 2.16. The van der Waals surface area contributed by atoms with Gasteiger partial charge in [0.15, 0.2) is 0 Å². The maximum atomic E-state index is 12.2. The molecule has 2 rings (SSSR count). The molecule has 0 spiro atoms. The first-order chi connectivity index (χ1) is 8.20. The summed E-state index contributed by atoms with van der Waals surface area (Å²) in [6, 6.07) is 0. The number of likely N-dealkylation sites (tertiary alicyclic amines) is 1. The highest BCUT2D eigenvalue weighted by Crippen LogP contribution is 2.17. The molecule has 0 bridgehead atoms. The Labute approximate surface area is 102 Å². The molecule has 1 saturated heterocycles. The highest BCUT2D eigenvalue weighted by atomic mass is 16.2. The molecule has 1 aromatic heterocycles. The van der Waals surface area contributed by atoms with Crippen molar-refractivity contribution in [3.63, 3.8) is 0 Å². The van der Waals surface area contributed by atoms with Crippen LogP contribution in [0.3, 0.4) is 0 Å². The summed E-state index contributed by atoms with van der Waals surface area (Å²) >= 11 is 0. The number of carbonyl (C=O) groups is 1. The minimum atomic E-state index is -0.0324. The zero-order valence-corrected chi connectivity index (χ0v) is 10.6. The Morgan fingerprint density at radius 1 is 1.47 bits per heavy atom. The van der Waals surface area contributed by atoms with Gasteiger partial charge in [-0.2, -0.15) is 0 Å². The van der Waals surface area contributed by atoms with Gasteiger partial charge in [0.2, 0.25) is 5.82 Å². The van der Waals surface area contributed by atoms with Gasteiger partial charge < -0.3 is 4.90 Å². The quantitative estimate of drug-likeness (QED) is 0.849. The van der Waals surface area contributed by atoms with E-state index in [1.807, 2.05) is 11.8 Å². The molecule has 0 aromatic carbocycles. The van der Waals surface area contributed by atoms with Crippen LogP contribution in [0.25, 0.3) is 0 Å². The van der Waals surface area contributed by atoms with Gasteiger partial charge in [-0.15, -0.1) is 5.10 Å². The lowest BCUT2D eigenvalue weighted by Gasteiger charge is -2.18. The number of nitrogens with one attached hydrogen (secondary N) is 1. The molecule has 1 unspecified atom stereocenters. The SMILES string of the molecule is CCc1nc(C(=O)N2CCCC(C)CC2)n[nH]1. The molecule has 1 aliphatic rings. The molecule has 1 amide bonds. The lowest BCUT2D eigenvalue weighted by Crippen LogP contribution is -2.32. The largest absolute Gasteiger partial charge is 0.336 e. The van der Waals surface area contributed by atoms with E-state index < -0.39 is 0 Å². The minimum Gasteiger partial charge on any atom is -0.336 e. The fourth-order valence-corrected chi connectivity index (χ4v) is 2.16. The summed E-state index contributed by atoms with van der Waals surface area (Å²) in [6.07, 6.45) is 4.14. The maximum absolute atomic E-state index is 12.2. The topological polar surface area (TPSA) is 61.9 Å². The molecule has 1 aromatic rings. The molecule has 17 heavy (non-hydrogen) atoms. The fraction of sp³-hybridized carbons (Fsp3) is 0.750. The normalized spacial score (nSPS) is 21.3. The number of aromatic nitrogens is 3. The highest BCUT2D eigenvalue weighted by Gasteiger charge is 2.22. The Morgan fingerprint density at radius 3 is 3.00 bits per heavy atom. The number of aryl methyl sites for hydroxylation is 1. The Hall–Kier alpha value is -1.39. The minimum absolute atomic E-state index is 0.0324. The van der Waals surface area contributed by atoms with E-state index in [-0.39, 0.29) is 5.91 Å². The third-order valence-electron chi connectivity index (χ3n) is 3.36. The van der Waals surface area contributed by atoms with Crippen LogP contribution in [0.5, 0.6) is 0 Å². The van der Waals surface area contributed by atoms with Crippen LogP contribution in [0.2, 0.25) is 0 Å². The molecule has 1 N–H and O–H groups in total. The predicted octanol–water partition coefficient (Wildman–Crippen LogP) is 1.63. The van der Waals surface area contributed by atoms with E-state index >= 15 is 0 Å². The van der Waals surface area contributed by atoms with Gasteiger partial charge in [0, 0.05) is 19.5 Å². The van der Waals surface area contributed by atoms with Crippen LogP contribution in [0.15, 0.2) is 0 Å². The summed E-state index contributed by atoms with van der Waals surface area (Å²) in [7, 11) is 0. The molecule has 0 saturated carbocycles. The Kier molecular flexibility index (Phi) is 3.76. The van der Waals surface area contributed by atoms with Gasteiger partial charge in [0.05, 0.1) is 0 Å². The van der Waals surface area contributed by atoms with E-state index in [0.29, 0.717) is 11.7 Å². The Balaban J connectivity index is 2.03. The number of hydrogen-bond donors (Lipinski definition) is 1. The molecule has 5 nitrogen and oxygen atoms in total. The van der Waals surface area contributed by atoms with Crippen molar-refractivity contribution in [1.29, 1.82) is 0 Å². The second-order valence-corrected chi connectivity index (χ2v) is 4.79. The first-order valence-corrected chi connectivity index (χ1v) is 6.41. The van der Waals surface area contributed by atoms with Crippen LogP contribution in [0, 0.1) is 5.92 Å². The lowest BCUT2D eigenvalue weighted by atomic mass is 10.0. The number of aromatic amines is 1. The number of hydrogen-bond acceptors (Lipinski definition) is 3. The van der Waals surface area contributed by atoms with Gasteiger partial charge >= 0.3 is 0 Å². The number of H-pyrrole nitrogens is 1. The van der Waals surface area contributed by atoms with Gasteiger partial charge in [0.1, 0.15) is 5.82 Å². The highest BCUT2D eigenvalue weighted by molar-refractivity contribution is 5.90. The molecule has 1 atom stereocenters. The molecular formula is C12H20N4O. The van der Waals surface area contributed by atoms with Gasteiger partial charge in [-0.25, -0.2) is 4.98 Å². The van der Waals surface area contributed by atoms with Crippen LogP contribution in [-0.2, 0) is 6.42 Å². The number of amides is 1. The second kappa shape index (κ2) is 5.29. The molecule has 0 radical (unpaired) electrons. The van der Waals surface area contributed by atoms with Crippen LogP contribution in [-0.4, -0.2) is 39.1 Å². The molecule has 5 heteroatoms. The van der Waals surface area contributed by atoms with Gasteiger partial charge in [0.25, 0.3) is 5.91 Å². The van der Waals surface area contributed by atoms with Gasteiger partial charge in [-0.05, 0) is 25.2 Å². The van der Waals surface area contributed by atoms with Crippen molar-refractivity contribution in [3.8, 4) is 0 Å². The van der Waals surface area contributed by atoms with E-state index in [4.69, 9.17) is 0 Å². The van der Waals surface area contributed by atoms with Crippen LogP contribution >= 0.6 is 0 Å². The van der Waals surface area contributed by atoms with Crippen molar-refractivity contribution < 1.29 is 4.79 Å². The molecule has 0 aliphatic carbocycles. The summed E-state index contributed by atoms with van der Waals surface area (Å²) in [6.45, 7) is 5.90. The van der Waals surface area contributed by atoms with Crippen molar-refractivity contribution in [3.05, 3.63) is 11.6 Å². The Bertz CT molecular complexity index is 388. The van der Waals surface area contributed by atoms with Gasteiger partial charge in [-0.1, -0.05) is 13.8 Å². The summed E-state index contributed by atoms with van der Waals surface area (Å²) in [5, 5.41) is 6.78. The van der Waals surface area contributed by atoms with Crippen molar-refractivity contribution in [2.75, 3.05) is 13.1 Å². The zero-order valence-electron chi connectivity index (χ0n) is 10.6. The summed E-state index contributed by atoms with van der Waals surface area (Å²) in [4.78, 5) is 18.2. The standard InChI is InChI=1S/C12H20N4O/c1-3-10-13-11(15-14-10)12(17)16-7-4-5-9(2)6-8-16/h9H,3-8H2,1-2H3,(H,13,14,15). The first-order valence-electron chi connectivity index (χ1n) is 6.41. The summed E-state index contributed by atoms with van der Waals surface area (Å²) < 4.78 is 0. The average Bonchev–Trinajstić information content (AvgIpc) is 2.71. The van der Waals surface area contributed by atoms with Crippen LogP contribution in [0.4, 0.5) is 0 Å². The molecule has 1 fully saturated rings. The molecular weight excluding hydrogens is 216 g/mol. The summed E-state index contributed by atoms with van der Waals surface area (Å²) in [5.41, 5.74) is 0. The molecule has 1 aliphatic heterocycles. The van der Waals surface area contributed by atoms with Crippen molar-refractivity contribution >= 4 is 5.91 Å². The lowest BCUT2D eigenvalue weighted by molar-refractivity contribution is 0.0748. The van der Waals surface area contributed by atoms with E-state index in [9.17, 15) is 4.79 Å². The number of nitrogens with zero attached hydrogens (tertiary/aromatic N) is 3. The zero-order chi connectivity index (χ0) is 12.3. The predicted molar refractivity (Wildman–Crippen MR) is 64.7 cm³/mol.